The van der Waals surface area contributed by atoms with Gasteiger partial charge in [-0.1, -0.05) is 29.4 Å². The highest BCUT2D eigenvalue weighted by molar-refractivity contribution is 6.02. The summed E-state index contributed by atoms with van der Waals surface area (Å²) in [6.07, 6.45) is 1.38. The van der Waals surface area contributed by atoms with Gasteiger partial charge in [0.15, 0.2) is 5.69 Å². The van der Waals surface area contributed by atoms with Gasteiger partial charge < -0.3 is 9.26 Å². The maximum absolute atomic E-state index is 13.8. The van der Waals surface area contributed by atoms with Gasteiger partial charge in [-0.15, -0.1) is 5.10 Å². The molecule has 8 nitrogen and oxygen atoms in total. The Kier molecular flexibility index (Phi) is 5.69. The summed E-state index contributed by atoms with van der Waals surface area (Å²) in [4.78, 5) is 16.7. The molecule has 2 aromatic heterocycles. The lowest BCUT2D eigenvalue weighted by atomic mass is 10.2. The fourth-order valence-electron chi connectivity index (χ4n) is 2.84. The quantitative estimate of drug-likeness (QED) is 0.485. The Bertz CT molecular complexity index is 1220. The van der Waals surface area contributed by atoms with Crippen molar-refractivity contribution in [2.24, 2.45) is 0 Å². The molecule has 4 rings (SSSR count). The molecule has 0 radical (unpaired) electrons. The molecule has 0 fully saturated rings. The summed E-state index contributed by atoms with van der Waals surface area (Å²) in [5.74, 6) is -0.670. The Morgan fingerprint density at radius 1 is 1.19 bits per heavy atom. The largest absolute Gasteiger partial charge is 0.489 e. The van der Waals surface area contributed by atoms with Gasteiger partial charge in [0.1, 0.15) is 36.1 Å². The molecule has 0 aliphatic rings. The van der Waals surface area contributed by atoms with Crippen molar-refractivity contribution in [1.82, 2.24) is 19.9 Å². The normalized spacial score (nSPS) is 10.8. The van der Waals surface area contributed by atoms with Crippen LogP contribution >= 0.6 is 0 Å². The van der Waals surface area contributed by atoms with Gasteiger partial charge in [0.05, 0.1) is 12.1 Å². The third-order valence-electron chi connectivity index (χ3n) is 4.43. The monoisotopic (exact) mass is 425 g/mol. The molecule has 2 aromatic carbocycles. The minimum absolute atomic E-state index is 0.000595. The molecule has 0 aliphatic heterocycles. The minimum atomic E-state index is -0.599. The van der Waals surface area contributed by atoms with E-state index in [9.17, 15) is 13.6 Å². The molecule has 0 aliphatic carbocycles. The first-order valence-electron chi connectivity index (χ1n) is 9.27. The van der Waals surface area contributed by atoms with Crippen LogP contribution in [0.25, 0.3) is 0 Å². The van der Waals surface area contributed by atoms with Crippen LogP contribution < -0.4 is 10.1 Å². The molecule has 2 heterocycles. The van der Waals surface area contributed by atoms with Crippen molar-refractivity contribution in [3.05, 3.63) is 89.1 Å². The second-order valence-corrected chi connectivity index (χ2v) is 6.62. The number of amides is 1. The highest BCUT2D eigenvalue weighted by Gasteiger charge is 2.22. The zero-order chi connectivity index (χ0) is 21.8. The number of halogens is 2. The molecule has 0 saturated heterocycles. The Labute approximate surface area is 175 Å². The van der Waals surface area contributed by atoms with E-state index in [1.165, 1.54) is 35.3 Å². The molecule has 10 heteroatoms. The van der Waals surface area contributed by atoms with Crippen LogP contribution in [0.2, 0.25) is 0 Å². The number of carbonyl (C=O) groups is 1. The Morgan fingerprint density at radius 3 is 2.84 bits per heavy atom. The van der Waals surface area contributed by atoms with E-state index in [1.807, 2.05) is 0 Å². The molecule has 0 spiro atoms. The van der Waals surface area contributed by atoms with Crippen LogP contribution in [-0.2, 0) is 13.2 Å². The van der Waals surface area contributed by atoms with Gasteiger partial charge in [0.25, 0.3) is 5.91 Å². The van der Waals surface area contributed by atoms with Crippen molar-refractivity contribution in [3.63, 3.8) is 0 Å². The Balaban J connectivity index is 1.43. The lowest BCUT2D eigenvalue weighted by Crippen LogP contribution is -2.16. The van der Waals surface area contributed by atoms with Crippen LogP contribution in [0.15, 0.2) is 59.4 Å². The first-order chi connectivity index (χ1) is 15.0. The van der Waals surface area contributed by atoms with Crippen molar-refractivity contribution in [1.29, 1.82) is 0 Å². The summed E-state index contributed by atoms with van der Waals surface area (Å²) in [6, 6.07) is 12.0. The van der Waals surface area contributed by atoms with E-state index in [1.54, 1.807) is 31.2 Å². The minimum Gasteiger partial charge on any atom is -0.489 e. The first kappa shape index (κ1) is 20.2. The van der Waals surface area contributed by atoms with Gasteiger partial charge in [-0.25, -0.2) is 18.4 Å². The van der Waals surface area contributed by atoms with E-state index in [0.29, 0.717) is 22.6 Å². The second kappa shape index (κ2) is 8.74. The van der Waals surface area contributed by atoms with Crippen LogP contribution in [0, 0.1) is 18.6 Å². The number of hydrogen-bond acceptors (Lipinski definition) is 6. The number of aromatic nitrogens is 4. The van der Waals surface area contributed by atoms with E-state index in [4.69, 9.17) is 9.26 Å². The third kappa shape index (κ3) is 4.74. The smallest absolute Gasteiger partial charge is 0.280 e. The summed E-state index contributed by atoms with van der Waals surface area (Å²) in [5, 5.41) is 10.4. The Morgan fingerprint density at radius 2 is 2.03 bits per heavy atom. The van der Waals surface area contributed by atoms with Gasteiger partial charge in [0, 0.05) is 11.6 Å². The van der Waals surface area contributed by atoms with E-state index in [2.05, 4.69) is 20.6 Å². The van der Waals surface area contributed by atoms with E-state index < -0.39 is 11.7 Å². The molecule has 1 N–H and O–H groups in total. The van der Waals surface area contributed by atoms with Crippen molar-refractivity contribution in [2.45, 2.75) is 20.1 Å². The summed E-state index contributed by atoms with van der Waals surface area (Å²) in [5.41, 5.74) is 0.848. The molecular formula is C21H17F2N5O3. The number of rotatable bonds is 7. The van der Waals surface area contributed by atoms with E-state index >= 15 is 0 Å². The molecule has 31 heavy (non-hydrogen) atoms. The molecule has 158 valence electrons. The molecule has 0 atom stereocenters. The predicted molar refractivity (Wildman–Crippen MR) is 105 cm³/mol. The zero-order valence-corrected chi connectivity index (χ0v) is 16.4. The highest BCUT2D eigenvalue weighted by atomic mass is 19.1. The van der Waals surface area contributed by atoms with Gasteiger partial charge in [-0.2, -0.15) is 0 Å². The van der Waals surface area contributed by atoms with Crippen molar-refractivity contribution < 1.29 is 22.8 Å². The molecule has 0 saturated carbocycles. The topological polar surface area (TPSA) is 95.1 Å². The second-order valence-electron chi connectivity index (χ2n) is 6.62. The van der Waals surface area contributed by atoms with Crippen LogP contribution in [0.1, 0.15) is 27.4 Å². The standard InChI is InChI=1S/C21H17F2N5O3/c1-13-17(11-30-16-7-4-6-15(22)9-16)19(27-31-13)20(29)25-21-24-12-28(26-21)10-14-5-2-3-8-18(14)23/h2-9,12H,10-11H2,1H3,(H,25,26,29). The van der Waals surface area contributed by atoms with Crippen molar-refractivity contribution in [2.75, 3.05) is 5.32 Å². The number of anilines is 1. The van der Waals surface area contributed by atoms with Crippen LogP contribution in [0.3, 0.4) is 0 Å². The number of ether oxygens (including phenoxy) is 1. The zero-order valence-electron chi connectivity index (χ0n) is 16.4. The summed E-state index contributed by atoms with van der Waals surface area (Å²) < 4.78 is 39.2. The predicted octanol–water partition coefficient (Wildman–Crippen LogP) is 3.73. The molecule has 1 amide bonds. The number of hydrogen-bond donors (Lipinski definition) is 1. The van der Waals surface area contributed by atoms with Crippen LogP contribution in [0.5, 0.6) is 5.75 Å². The summed E-state index contributed by atoms with van der Waals surface area (Å²) in [7, 11) is 0. The number of nitrogens with zero attached hydrogens (tertiary/aromatic N) is 4. The number of carbonyl (C=O) groups excluding carboxylic acids is 1. The van der Waals surface area contributed by atoms with Crippen molar-refractivity contribution in [3.8, 4) is 5.75 Å². The molecule has 0 bridgehead atoms. The van der Waals surface area contributed by atoms with Gasteiger partial charge >= 0.3 is 0 Å². The first-order valence-corrected chi connectivity index (χ1v) is 9.27. The average Bonchev–Trinajstić information content (AvgIpc) is 3.34. The van der Waals surface area contributed by atoms with Gasteiger partial charge in [-0.05, 0) is 25.1 Å². The lowest BCUT2D eigenvalue weighted by Gasteiger charge is -2.06. The molecule has 4 aromatic rings. The van der Waals surface area contributed by atoms with Crippen LogP contribution in [0.4, 0.5) is 14.7 Å². The molecular weight excluding hydrogens is 408 g/mol. The van der Waals surface area contributed by atoms with E-state index in [0.717, 1.165) is 0 Å². The lowest BCUT2D eigenvalue weighted by molar-refractivity contribution is 0.101. The van der Waals surface area contributed by atoms with Gasteiger partial charge in [-0.3, -0.25) is 10.1 Å². The summed E-state index contributed by atoms with van der Waals surface area (Å²) in [6.45, 7) is 1.75. The number of benzene rings is 2. The van der Waals surface area contributed by atoms with E-state index in [-0.39, 0.29) is 30.6 Å². The number of aryl methyl sites for hydroxylation is 1. The Hall–Kier alpha value is -4.08. The maximum atomic E-state index is 13.8. The van der Waals surface area contributed by atoms with Crippen molar-refractivity contribution >= 4 is 11.9 Å². The fraction of sp³-hybridized carbons (Fsp3) is 0.143. The van der Waals surface area contributed by atoms with Gasteiger partial charge in [0.2, 0.25) is 5.95 Å². The molecule has 0 unspecified atom stereocenters. The maximum Gasteiger partial charge on any atom is 0.280 e. The average molecular weight is 425 g/mol. The SMILES string of the molecule is Cc1onc(C(=O)Nc2ncn(Cc3ccccc3F)n2)c1COc1cccc(F)c1. The third-order valence-corrected chi connectivity index (χ3v) is 4.43. The fourth-order valence-corrected chi connectivity index (χ4v) is 2.84. The number of nitrogens with one attached hydrogen (secondary N) is 1. The highest BCUT2D eigenvalue weighted by Crippen LogP contribution is 2.19. The van der Waals surface area contributed by atoms with Crippen LogP contribution in [-0.4, -0.2) is 25.8 Å². The summed E-state index contributed by atoms with van der Waals surface area (Å²) >= 11 is 0.